The van der Waals surface area contributed by atoms with Gasteiger partial charge in [-0.3, -0.25) is 9.10 Å². The first-order chi connectivity index (χ1) is 12.2. The summed E-state index contributed by atoms with van der Waals surface area (Å²) in [5, 5.41) is 2.76. The van der Waals surface area contributed by atoms with Gasteiger partial charge in [0.25, 0.3) is 0 Å². The van der Waals surface area contributed by atoms with Gasteiger partial charge < -0.3 is 10.1 Å². The number of carbonyl (C=O) groups excluding carboxylic acids is 1. The average molecular weight is 376 g/mol. The highest BCUT2D eigenvalue weighted by Gasteiger charge is 2.20. The summed E-state index contributed by atoms with van der Waals surface area (Å²) in [5.41, 5.74) is 3.04. The van der Waals surface area contributed by atoms with Crippen molar-refractivity contribution in [3.63, 3.8) is 0 Å². The number of anilines is 2. The minimum atomic E-state index is -3.51. The van der Waals surface area contributed by atoms with E-state index in [0.29, 0.717) is 17.1 Å². The van der Waals surface area contributed by atoms with E-state index >= 15 is 0 Å². The van der Waals surface area contributed by atoms with Crippen LogP contribution in [0.15, 0.2) is 42.5 Å². The lowest BCUT2D eigenvalue weighted by atomic mass is 10.1. The van der Waals surface area contributed by atoms with Crippen LogP contribution in [0.1, 0.15) is 17.5 Å². The van der Waals surface area contributed by atoms with Gasteiger partial charge in [-0.1, -0.05) is 29.8 Å². The van der Waals surface area contributed by atoms with Crippen molar-refractivity contribution in [1.82, 2.24) is 0 Å². The van der Waals surface area contributed by atoms with Crippen LogP contribution in [0.25, 0.3) is 0 Å². The maximum absolute atomic E-state index is 12.3. The number of ether oxygens (including phenoxy) is 1. The molecule has 0 spiro atoms. The molecule has 0 radical (unpaired) electrons. The molecule has 0 bridgehead atoms. The van der Waals surface area contributed by atoms with Crippen LogP contribution in [0.4, 0.5) is 11.4 Å². The van der Waals surface area contributed by atoms with E-state index in [4.69, 9.17) is 4.74 Å². The van der Waals surface area contributed by atoms with Crippen LogP contribution in [0.5, 0.6) is 5.75 Å². The monoisotopic (exact) mass is 376 g/mol. The summed E-state index contributed by atoms with van der Waals surface area (Å²) < 4.78 is 30.9. The standard InChI is InChI=1S/C19H24N2O4S/c1-14-9-10-17(15(2)13-14)21(26(4,23)24)12-11-19(22)20-16-7-5-6-8-18(16)25-3/h5-10,13H,11-12H2,1-4H3,(H,20,22). The fourth-order valence-corrected chi connectivity index (χ4v) is 3.70. The van der Waals surface area contributed by atoms with Crippen LogP contribution < -0.4 is 14.4 Å². The third-order valence-electron chi connectivity index (χ3n) is 3.94. The Bertz CT molecular complexity index is 894. The van der Waals surface area contributed by atoms with Crippen molar-refractivity contribution in [3.05, 3.63) is 53.6 Å². The molecule has 6 nitrogen and oxygen atoms in total. The molecule has 0 aliphatic carbocycles. The Morgan fingerprint density at radius 2 is 1.85 bits per heavy atom. The second-order valence-corrected chi connectivity index (χ2v) is 8.03. The highest BCUT2D eigenvalue weighted by Crippen LogP contribution is 2.25. The predicted octanol–water partition coefficient (Wildman–Crippen LogP) is 3.11. The number of para-hydroxylation sites is 2. The van der Waals surface area contributed by atoms with E-state index in [-0.39, 0.29) is 18.9 Å². The molecule has 7 heteroatoms. The Morgan fingerprint density at radius 1 is 1.15 bits per heavy atom. The fourth-order valence-electron chi connectivity index (χ4n) is 2.71. The van der Waals surface area contributed by atoms with Crippen molar-refractivity contribution in [2.45, 2.75) is 20.3 Å². The van der Waals surface area contributed by atoms with Gasteiger partial charge in [-0.15, -0.1) is 0 Å². The quantitative estimate of drug-likeness (QED) is 0.806. The maximum atomic E-state index is 12.3. The van der Waals surface area contributed by atoms with Crippen LogP contribution in [-0.4, -0.2) is 34.2 Å². The van der Waals surface area contributed by atoms with Crippen molar-refractivity contribution in [1.29, 1.82) is 0 Å². The number of sulfonamides is 1. The third kappa shape index (κ3) is 4.98. The normalized spacial score (nSPS) is 11.1. The van der Waals surface area contributed by atoms with Gasteiger partial charge >= 0.3 is 0 Å². The van der Waals surface area contributed by atoms with Gasteiger partial charge in [-0.25, -0.2) is 8.42 Å². The summed E-state index contributed by atoms with van der Waals surface area (Å²) >= 11 is 0. The second kappa shape index (κ2) is 8.23. The molecule has 2 rings (SSSR count). The molecule has 26 heavy (non-hydrogen) atoms. The van der Waals surface area contributed by atoms with E-state index in [0.717, 1.165) is 17.4 Å². The zero-order valence-electron chi connectivity index (χ0n) is 15.4. The SMILES string of the molecule is COc1ccccc1NC(=O)CCN(c1ccc(C)cc1C)S(C)(=O)=O. The van der Waals surface area contributed by atoms with Crippen LogP contribution in [0, 0.1) is 13.8 Å². The highest BCUT2D eigenvalue weighted by molar-refractivity contribution is 7.92. The number of methoxy groups -OCH3 is 1. The minimum absolute atomic E-state index is 0.0262. The van der Waals surface area contributed by atoms with Crippen LogP contribution in [0.2, 0.25) is 0 Å². The summed E-state index contributed by atoms with van der Waals surface area (Å²) in [6.45, 7) is 3.86. The van der Waals surface area contributed by atoms with E-state index in [1.165, 1.54) is 11.4 Å². The average Bonchev–Trinajstić information content (AvgIpc) is 2.56. The summed E-state index contributed by atoms with van der Waals surface area (Å²) in [6, 6.07) is 12.6. The number of benzene rings is 2. The Morgan fingerprint density at radius 3 is 2.46 bits per heavy atom. The molecule has 0 saturated heterocycles. The number of nitrogens with one attached hydrogen (secondary N) is 1. The number of hydrogen-bond acceptors (Lipinski definition) is 4. The first kappa shape index (κ1) is 19.8. The van der Waals surface area contributed by atoms with Crippen molar-refractivity contribution in [3.8, 4) is 5.75 Å². The fraction of sp³-hybridized carbons (Fsp3) is 0.316. The summed E-state index contributed by atoms with van der Waals surface area (Å²) in [7, 11) is -1.98. The lowest BCUT2D eigenvalue weighted by Gasteiger charge is -2.24. The van der Waals surface area contributed by atoms with Gasteiger partial charge in [-0.2, -0.15) is 0 Å². The van der Waals surface area contributed by atoms with Gasteiger partial charge in [0.15, 0.2) is 0 Å². The minimum Gasteiger partial charge on any atom is -0.495 e. The van der Waals surface area contributed by atoms with E-state index in [2.05, 4.69) is 5.32 Å². The molecular weight excluding hydrogens is 352 g/mol. The third-order valence-corrected chi connectivity index (χ3v) is 5.12. The highest BCUT2D eigenvalue weighted by atomic mass is 32.2. The number of carbonyl (C=O) groups is 1. The molecule has 0 aromatic heterocycles. The molecule has 0 heterocycles. The van der Waals surface area contributed by atoms with Crippen molar-refractivity contribution < 1.29 is 17.9 Å². The molecule has 0 aliphatic rings. The number of hydrogen-bond donors (Lipinski definition) is 1. The van der Waals surface area contributed by atoms with Gasteiger partial charge in [0.1, 0.15) is 5.75 Å². The summed E-state index contributed by atoms with van der Waals surface area (Å²) in [5.74, 6) is 0.267. The van der Waals surface area contributed by atoms with Gasteiger partial charge in [0, 0.05) is 13.0 Å². The zero-order valence-corrected chi connectivity index (χ0v) is 16.3. The Hall–Kier alpha value is -2.54. The maximum Gasteiger partial charge on any atom is 0.232 e. The molecule has 2 aromatic carbocycles. The molecular formula is C19H24N2O4S. The zero-order chi connectivity index (χ0) is 19.3. The molecule has 0 aliphatic heterocycles. The molecule has 0 unspecified atom stereocenters. The van der Waals surface area contributed by atoms with Crippen LogP contribution in [-0.2, 0) is 14.8 Å². The first-order valence-electron chi connectivity index (χ1n) is 8.20. The molecule has 1 N–H and O–H groups in total. The molecule has 2 aromatic rings. The largest absolute Gasteiger partial charge is 0.495 e. The molecule has 140 valence electrons. The smallest absolute Gasteiger partial charge is 0.232 e. The Balaban J connectivity index is 2.14. The molecule has 1 amide bonds. The van der Waals surface area contributed by atoms with Gasteiger partial charge in [0.2, 0.25) is 15.9 Å². The van der Waals surface area contributed by atoms with Crippen molar-refractivity contribution >= 4 is 27.3 Å². The van der Waals surface area contributed by atoms with E-state index in [1.807, 2.05) is 26.0 Å². The van der Waals surface area contributed by atoms with E-state index in [9.17, 15) is 13.2 Å². The van der Waals surface area contributed by atoms with Crippen molar-refractivity contribution in [2.24, 2.45) is 0 Å². The summed E-state index contributed by atoms with van der Waals surface area (Å²) in [6.07, 6.45) is 1.17. The second-order valence-electron chi connectivity index (χ2n) is 6.12. The topological polar surface area (TPSA) is 75.7 Å². The lowest BCUT2D eigenvalue weighted by Crippen LogP contribution is -2.33. The van der Waals surface area contributed by atoms with Crippen LogP contribution in [0.3, 0.4) is 0 Å². The van der Waals surface area contributed by atoms with Crippen LogP contribution >= 0.6 is 0 Å². The Kier molecular flexibility index (Phi) is 6.26. The lowest BCUT2D eigenvalue weighted by molar-refractivity contribution is -0.116. The number of amides is 1. The number of aryl methyl sites for hydroxylation is 2. The molecule has 0 atom stereocenters. The first-order valence-corrected chi connectivity index (χ1v) is 10.0. The van der Waals surface area contributed by atoms with E-state index in [1.54, 1.807) is 30.3 Å². The summed E-state index contributed by atoms with van der Waals surface area (Å²) in [4.78, 5) is 12.3. The van der Waals surface area contributed by atoms with Gasteiger partial charge in [-0.05, 0) is 37.6 Å². The molecule has 0 fully saturated rings. The number of rotatable bonds is 7. The van der Waals surface area contributed by atoms with Crippen molar-refractivity contribution in [2.75, 3.05) is 29.5 Å². The Labute approximate surface area is 154 Å². The number of nitrogens with zero attached hydrogens (tertiary/aromatic N) is 1. The predicted molar refractivity (Wildman–Crippen MR) is 104 cm³/mol. The van der Waals surface area contributed by atoms with Gasteiger partial charge in [0.05, 0.1) is 24.7 Å². The van der Waals surface area contributed by atoms with E-state index < -0.39 is 10.0 Å². The molecule has 0 saturated carbocycles.